The predicted molar refractivity (Wildman–Crippen MR) is 107 cm³/mol. The predicted octanol–water partition coefficient (Wildman–Crippen LogP) is 3.32. The Hall–Kier alpha value is -3.29. The molecule has 0 unspecified atom stereocenters. The van der Waals surface area contributed by atoms with Crippen LogP contribution in [0.4, 0.5) is 5.82 Å². The van der Waals surface area contributed by atoms with Crippen LogP contribution < -0.4 is 10.1 Å². The second-order valence-electron chi connectivity index (χ2n) is 7.15. The summed E-state index contributed by atoms with van der Waals surface area (Å²) in [5.41, 5.74) is 4.08. The number of hydrogen-bond donors (Lipinski definition) is 3. The Morgan fingerprint density at radius 1 is 1.41 bits per heavy atom. The van der Waals surface area contributed by atoms with E-state index in [0.717, 1.165) is 16.8 Å². The fraction of sp³-hybridized carbons (Fsp3) is 0.381. The van der Waals surface area contributed by atoms with Crippen molar-refractivity contribution in [2.75, 3.05) is 12.4 Å². The fourth-order valence-corrected chi connectivity index (χ4v) is 3.40. The second kappa shape index (κ2) is 8.38. The van der Waals surface area contributed by atoms with Crippen LogP contribution in [0.3, 0.4) is 0 Å². The summed E-state index contributed by atoms with van der Waals surface area (Å²) in [7, 11) is 1.53. The summed E-state index contributed by atoms with van der Waals surface area (Å²) >= 11 is 0. The highest BCUT2D eigenvalue weighted by molar-refractivity contribution is 5.98. The molecule has 3 rings (SSSR count). The summed E-state index contributed by atoms with van der Waals surface area (Å²) in [5.74, 6) is 0.316. The molecule has 2 aromatic rings. The van der Waals surface area contributed by atoms with Crippen molar-refractivity contribution in [3.8, 4) is 11.5 Å². The average Bonchev–Trinajstić information content (AvgIpc) is 3.27. The van der Waals surface area contributed by atoms with E-state index in [0.29, 0.717) is 42.0 Å². The average molecular weight is 399 g/mol. The number of methoxy groups -OCH3 is 1. The topological polar surface area (TPSA) is 114 Å². The Kier molecular flexibility index (Phi) is 5.91. The van der Waals surface area contributed by atoms with Gasteiger partial charge in [-0.2, -0.15) is 5.10 Å². The molecule has 1 aromatic heterocycles. The van der Waals surface area contributed by atoms with Gasteiger partial charge in [-0.25, -0.2) is 4.79 Å². The number of cyclic esters (lactones) is 1. The number of carbonyl (C=O) groups is 2. The summed E-state index contributed by atoms with van der Waals surface area (Å²) in [4.78, 5) is 24.0. The van der Waals surface area contributed by atoms with Gasteiger partial charge in [0.15, 0.2) is 5.82 Å². The first-order valence-electron chi connectivity index (χ1n) is 9.37. The number of aryl methyl sites for hydroxylation is 1. The maximum Gasteiger partial charge on any atom is 0.342 e. The normalized spacial score (nSPS) is 13.2. The van der Waals surface area contributed by atoms with Gasteiger partial charge in [0.25, 0.3) is 0 Å². The Morgan fingerprint density at radius 3 is 2.83 bits per heavy atom. The lowest BCUT2D eigenvalue weighted by molar-refractivity contribution is -0.116. The third kappa shape index (κ3) is 4.26. The number of esters is 1. The number of aromatic amines is 1. The van der Waals surface area contributed by atoms with Gasteiger partial charge in [0.05, 0.1) is 7.11 Å². The Morgan fingerprint density at radius 2 is 2.17 bits per heavy atom. The molecule has 0 radical (unpaired) electrons. The molecule has 2 heterocycles. The van der Waals surface area contributed by atoms with Gasteiger partial charge in [-0.05, 0) is 39.2 Å². The van der Waals surface area contributed by atoms with Crippen molar-refractivity contribution in [2.24, 2.45) is 0 Å². The monoisotopic (exact) mass is 399 g/mol. The van der Waals surface area contributed by atoms with Crippen LogP contribution >= 0.6 is 0 Å². The lowest BCUT2D eigenvalue weighted by Gasteiger charge is -2.15. The van der Waals surface area contributed by atoms with Gasteiger partial charge in [0, 0.05) is 29.3 Å². The molecule has 1 amide bonds. The SMILES string of the molecule is COc1c(C)c2c(c(O)c1CC=C(C)CCC(=O)Nc1cc(C)[nH]n1)C(=O)OC2. The molecule has 0 atom stereocenters. The Labute approximate surface area is 168 Å². The van der Waals surface area contributed by atoms with Gasteiger partial charge in [0.2, 0.25) is 5.91 Å². The number of H-pyrrole nitrogens is 1. The minimum atomic E-state index is -0.518. The molecule has 3 N–H and O–H groups in total. The number of anilines is 1. The van der Waals surface area contributed by atoms with Crippen molar-refractivity contribution >= 4 is 17.7 Å². The molecule has 29 heavy (non-hydrogen) atoms. The zero-order valence-electron chi connectivity index (χ0n) is 17.0. The van der Waals surface area contributed by atoms with Gasteiger partial charge < -0.3 is 19.9 Å². The van der Waals surface area contributed by atoms with Crippen LogP contribution in [0.25, 0.3) is 0 Å². The number of phenols is 1. The third-order valence-electron chi connectivity index (χ3n) is 5.02. The molecule has 154 valence electrons. The number of carbonyl (C=O) groups excluding carboxylic acids is 2. The number of aromatic nitrogens is 2. The number of hydrogen-bond acceptors (Lipinski definition) is 6. The van der Waals surface area contributed by atoms with Gasteiger partial charge in [0.1, 0.15) is 23.7 Å². The van der Waals surface area contributed by atoms with Gasteiger partial charge in [-0.3, -0.25) is 9.89 Å². The molecule has 0 saturated heterocycles. The van der Waals surface area contributed by atoms with E-state index in [1.807, 2.05) is 26.8 Å². The number of rotatable bonds is 7. The first kappa shape index (κ1) is 20.4. The number of nitrogens with zero attached hydrogens (tertiary/aromatic N) is 1. The van der Waals surface area contributed by atoms with Crippen molar-refractivity contribution in [2.45, 2.75) is 46.6 Å². The number of fused-ring (bicyclic) bond motifs is 1. The van der Waals surface area contributed by atoms with Gasteiger partial charge >= 0.3 is 5.97 Å². The molecule has 0 spiro atoms. The van der Waals surface area contributed by atoms with E-state index in [2.05, 4.69) is 15.5 Å². The minimum Gasteiger partial charge on any atom is -0.507 e. The third-order valence-corrected chi connectivity index (χ3v) is 5.02. The molecule has 0 saturated carbocycles. The molecule has 0 aliphatic carbocycles. The molecular formula is C21H25N3O5. The van der Waals surface area contributed by atoms with Crippen LogP contribution in [-0.4, -0.2) is 34.3 Å². The smallest absolute Gasteiger partial charge is 0.342 e. The van der Waals surface area contributed by atoms with E-state index in [4.69, 9.17) is 9.47 Å². The quantitative estimate of drug-likeness (QED) is 0.486. The van der Waals surface area contributed by atoms with Crippen LogP contribution in [-0.2, 0) is 22.6 Å². The van der Waals surface area contributed by atoms with E-state index >= 15 is 0 Å². The van der Waals surface area contributed by atoms with E-state index in [1.54, 1.807) is 6.07 Å². The van der Waals surface area contributed by atoms with Crippen LogP contribution in [0.2, 0.25) is 0 Å². The van der Waals surface area contributed by atoms with Gasteiger partial charge in [-0.1, -0.05) is 11.6 Å². The Balaban J connectivity index is 1.69. The van der Waals surface area contributed by atoms with Crippen LogP contribution in [0.5, 0.6) is 11.5 Å². The molecule has 1 aromatic carbocycles. The highest BCUT2D eigenvalue weighted by Crippen LogP contribution is 2.42. The standard InChI is InChI=1S/C21H25N3O5/c1-11(6-8-17(25)22-16-9-12(2)23-24-16)5-7-14-19(26)18-15(10-29-21(18)27)13(3)20(14)28-4/h5,9,26H,6-8,10H2,1-4H3,(H2,22,23,24,25). The van der Waals surface area contributed by atoms with Crippen LogP contribution in [0, 0.1) is 13.8 Å². The summed E-state index contributed by atoms with van der Waals surface area (Å²) in [5, 5.41) is 20.1. The number of benzene rings is 1. The highest BCUT2D eigenvalue weighted by atomic mass is 16.5. The van der Waals surface area contributed by atoms with Crippen molar-refractivity contribution in [3.63, 3.8) is 0 Å². The molecular weight excluding hydrogens is 374 g/mol. The zero-order chi connectivity index (χ0) is 21.1. The lowest BCUT2D eigenvalue weighted by atomic mass is 9.94. The summed E-state index contributed by atoms with van der Waals surface area (Å²) in [6, 6.07) is 1.76. The van der Waals surface area contributed by atoms with Gasteiger partial charge in [-0.15, -0.1) is 0 Å². The van der Waals surface area contributed by atoms with Crippen molar-refractivity contribution in [3.05, 3.63) is 45.7 Å². The number of amides is 1. The highest BCUT2D eigenvalue weighted by Gasteiger charge is 2.31. The number of nitrogens with one attached hydrogen (secondary N) is 2. The first-order chi connectivity index (χ1) is 13.8. The summed E-state index contributed by atoms with van der Waals surface area (Å²) in [6.45, 7) is 5.77. The largest absolute Gasteiger partial charge is 0.507 e. The minimum absolute atomic E-state index is 0.0966. The first-order valence-corrected chi connectivity index (χ1v) is 9.37. The summed E-state index contributed by atoms with van der Waals surface area (Å²) < 4.78 is 10.5. The molecule has 0 fully saturated rings. The van der Waals surface area contributed by atoms with E-state index in [-0.39, 0.29) is 23.8 Å². The van der Waals surface area contributed by atoms with Crippen molar-refractivity contribution in [1.82, 2.24) is 10.2 Å². The van der Waals surface area contributed by atoms with E-state index in [9.17, 15) is 14.7 Å². The maximum absolute atomic E-state index is 12.1. The number of ether oxygens (including phenoxy) is 2. The number of phenolic OH excluding ortho intramolecular Hbond substituents is 1. The number of allylic oxidation sites excluding steroid dienone is 2. The summed E-state index contributed by atoms with van der Waals surface area (Å²) in [6.07, 6.45) is 3.18. The van der Waals surface area contributed by atoms with Crippen molar-refractivity contribution < 1.29 is 24.2 Å². The lowest BCUT2D eigenvalue weighted by Crippen LogP contribution is -2.11. The van der Waals surface area contributed by atoms with Crippen molar-refractivity contribution in [1.29, 1.82) is 0 Å². The molecule has 1 aliphatic rings. The van der Waals surface area contributed by atoms with Crippen LogP contribution in [0.15, 0.2) is 17.7 Å². The fourth-order valence-electron chi connectivity index (χ4n) is 3.40. The number of aromatic hydroxyl groups is 1. The second-order valence-corrected chi connectivity index (χ2v) is 7.15. The molecule has 8 heteroatoms. The molecule has 1 aliphatic heterocycles. The van der Waals surface area contributed by atoms with E-state index in [1.165, 1.54) is 7.11 Å². The molecule has 8 nitrogen and oxygen atoms in total. The molecule has 0 bridgehead atoms. The maximum atomic E-state index is 12.1. The Bertz CT molecular complexity index is 991. The zero-order valence-corrected chi connectivity index (χ0v) is 17.0. The van der Waals surface area contributed by atoms with Crippen LogP contribution in [0.1, 0.15) is 52.5 Å². The van der Waals surface area contributed by atoms with E-state index < -0.39 is 5.97 Å².